The van der Waals surface area contributed by atoms with Crippen LogP contribution in [0.4, 0.5) is 5.69 Å². The van der Waals surface area contributed by atoms with E-state index in [2.05, 4.69) is 30.9 Å². The predicted molar refractivity (Wildman–Crippen MR) is 127 cm³/mol. The third-order valence-electron chi connectivity index (χ3n) is 6.19. The molecule has 0 amide bonds. The highest BCUT2D eigenvalue weighted by molar-refractivity contribution is 5.86. The molecule has 0 spiro atoms. The Labute approximate surface area is 191 Å². The number of aryl methyl sites for hydroxylation is 1. The third kappa shape index (κ3) is 6.08. The second-order valence-electron chi connectivity index (χ2n) is 9.18. The Hall–Kier alpha value is -2.44. The van der Waals surface area contributed by atoms with E-state index in [4.69, 9.17) is 14.5 Å². The van der Waals surface area contributed by atoms with Crippen molar-refractivity contribution in [2.75, 3.05) is 37.8 Å². The van der Waals surface area contributed by atoms with Crippen LogP contribution < -0.4 is 4.90 Å². The van der Waals surface area contributed by atoms with Crippen LogP contribution in [-0.4, -0.2) is 49.0 Å². The smallest absolute Gasteiger partial charge is 0.307 e. The van der Waals surface area contributed by atoms with E-state index in [1.54, 1.807) is 0 Å². The van der Waals surface area contributed by atoms with E-state index in [1.165, 1.54) is 0 Å². The number of carbonyl (C=O) groups is 1. The van der Waals surface area contributed by atoms with Crippen molar-refractivity contribution in [2.45, 2.75) is 53.6 Å². The van der Waals surface area contributed by atoms with Gasteiger partial charge in [-0.05, 0) is 37.7 Å². The number of nitrogens with zero attached hydrogens (tertiary/aromatic N) is 2. The molecule has 1 aliphatic rings. The van der Waals surface area contributed by atoms with Crippen LogP contribution >= 0.6 is 0 Å². The van der Waals surface area contributed by atoms with Crippen LogP contribution in [0.2, 0.25) is 0 Å². The zero-order valence-corrected chi connectivity index (χ0v) is 19.8. The lowest BCUT2D eigenvalue weighted by Gasteiger charge is -2.40. The molecule has 32 heavy (non-hydrogen) atoms. The molecule has 1 aromatic carbocycles. The first-order chi connectivity index (χ1) is 15.3. The highest BCUT2D eigenvalue weighted by Gasteiger charge is 2.30. The molecule has 0 unspecified atom stereocenters. The predicted octanol–water partition coefficient (Wildman–Crippen LogP) is 4.86. The summed E-state index contributed by atoms with van der Waals surface area (Å²) >= 11 is 0. The van der Waals surface area contributed by atoms with Gasteiger partial charge in [0.15, 0.2) is 0 Å². The Kier molecular flexibility index (Phi) is 8.26. The van der Waals surface area contributed by atoms with Gasteiger partial charge in [0.25, 0.3) is 0 Å². The minimum Gasteiger partial charge on any atom is -0.481 e. The van der Waals surface area contributed by atoms with Gasteiger partial charge < -0.3 is 19.5 Å². The first-order valence-corrected chi connectivity index (χ1v) is 11.5. The molecular weight excluding hydrogens is 404 g/mol. The van der Waals surface area contributed by atoms with Crippen LogP contribution in [0, 0.1) is 12.3 Å². The maximum atomic E-state index is 11.8. The van der Waals surface area contributed by atoms with E-state index >= 15 is 0 Å². The molecule has 1 fully saturated rings. The fourth-order valence-electron chi connectivity index (χ4n) is 4.28. The Balaban J connectivity index is 2.09. The number of carboxylic acids is 1. The van der Waals surface area contributed by atoms with Crippen molar-refractivity contribution in [2.24, 2.45) is 5.41 Å². The molecule has 1 aromatic heterocycles. The third-order valence-corrected chi connectivity index (χ3v) is 6.19. The Morgan fingerprint density at radius 3 is 2.41 bits per heavy atom. The van der Waals surface area contributed by atoms with Crippen LogP contribution in [0.3, 0.4) is 0 Å². The van der Waals surface area contributed by atoms with Gasteiger partial charge in [-0.3, -0.25) is 9.78 Å². The first-order valence-electron chi connectivity index (χ1n) is 11.5. The number of aliphatic carboxylic acids is 1. The van der Waals surface area contributed by atoms with E-state index in [0.717, 1.165) is 59.7 Å². The molecule has 2 aromatic rings. The van der Waals surface area contributed by atoms with Crippen LogP contribution in [0.5, 0.6) is 0 Å². The lowest BCUT2D eigenvalue weighted by atomic mass is 9.82. The number of anilines is 1. The highest BCUT2D eigenvalue weighted by Crippen LogP contribution is 2.41. The Morgan fingerprint density at radius 2 is 1.78 bits per heavy atom. The maximum Gasteiger partial charge on any atom is 0.307 e. The van der Waals surface area contributed by atoms with E-state index in [-0.39, 0.29) is 6.42 Å². The van der Waals surface area contributed by atoms with Crippen LogP contribution in [0.1, 0.15) is 50.6 Å². The van der Waals surface area contributed by atoms with E-state index in [9.17, 15) is 9.90 Å². The molecule has 0 atom stereocenters. The quantitative estimate of drug-likeness (QED) is 0.532. The molecule has 174 valence electrons. The van der Waals surface area contributed by atoms with E-state index < -0.39 is 5.97 Å². The SMILES string of the molecule is CCOCCOCc1nc(C)c(CC(=O)O)c(N2CCC(C)(C)CC2)c1-c1ccccc1. The number of carboxylic acid groups (broad SMARTS) is 1. The summed E-state index contributed by atoms with van der Waals surface area (Å²) < 4.78 is 11.3. The Morgan fingerprint density at radius 1 is 1.12 bits per heavy atom. The van der Waals surface area contributed by atoms with Crippen LogP contribution in [-0.2, 0) is 27.3 Å². The van der Waals surface area contributed by atoms with Gasteiger partial charge in [0.05, 0.1) is 37.6 Å². The maximum absolute atomic E-state index is 11.8. The van der Waals surface area contributed by atoms with Gasteiger partial charge in [-0.1, -0.05) is 44.2 Å². The summed E-state index contributed by atoms with van der Waals surface area (Å²) in [6.07, 6.45) is 2.09. The number of aromatic nitrogens is 1. The number of piperidine rings is 1. The molecule has 6 nitrogen and oxygen atoms in total. The summed E-state index contributed by atoms with van der Waals surface area (Å²) in [5, 5.41) is 9.67. The standard InChI is InChI=1S/C26H36N2O4/c1-5-31-15-16-32-18-22-24(20-9-7-6-8-10-20)25(21(17-23(29)30)19(2)27-22)28-13-11-26(3,4)12-14-28/h6-10H,5,11-18H2,1-4H3,(H,29,30). The second-order valence-corrected chi connectivity index (χ2v) is 9.18. The molecule has 0 saturated carbocycles. The average Bonchev–Trinajstić information content (AvgIpc) is 2.75. The highest BCUT2D eigenvalue weighted by atomic mass is 16.5. The fourth-order valence-corrected chi connectivity index (χ4v) is 4.28. The number of hydrogen-bond acceptors (Lipinski definition) is 5. The van der Waals surface area contributed by atoms with Crippen molar-refractivity contribution in [1.82, 2.24) is 4.98 Å². The van der Waals surface area contributed by atoms with Crippen molar-refractivity contribution < 1.29 is 19.4 Å². The van der Waals surface area contributed by atoms with E-state index in [0.29, 0.717) is 31.8 Å². The van der Waals surface area contributed by atoms with Crippen molar-refractivity contribution >= 4 is 11.7 Å². The minimum atomic E-state index is -0.840. The fraction of sp³-hybridized carbons (Fsp3) is 0.538. The van der Waals surface area contributed by atoms with E-state index in [1.807, 2.05) is 32.0 Å². The number of pyridine rings is 1. The molecule has 0 aliphatic carbocycles. The normalized spacial score (nSPS) is 15.7. The Bertz CT molecular complexity index is 902. The van der Waals surface area contributed by atoms with Crippen molar-refractivity contribution in [1.29, 1.82) is 0 Å². The van der Waals surface area contributed by atoms with Gasteiger partial charge in [0.2, 0.25) is 0 Å². The van der Waals surface area contributed by atoms with Gasteiger partial charge in [-0.2, -0.15) is 0 Å². The zero-order chi connectivity index (χ0) is 23.1. The van der Waals surface area contributed by atoms with Gasteiger partial charge >= 0.3 is 5.97 Å². The first kappa shape index (κ1) is 24.2. The van der Waals surface area contributed by atoms with Gasteiger partial charge in [0.1, 0.15) is 0 Å². The monoisotopic (exact) mass is 440 g/mol. The molecule has 2 heterocycles. The van der Waals surface area contributed by atoms with Crippen LogP contribution in [0.15, 0.2) is 30.3 Å². The lowest BCUT2D eigenvalue weighted by molar-refractivity contribution is -0.136. The number of benzene rings is 1. The number of ether oxygens (including phenoxy) is 2. The molecule has 0 bridgehead atoms. The van der Waals surface area contributed by atoms with Crippen molar-refractivity contribution in [3.8, 4) is 11.1 Å². The van der Waals surface area contributed by atoms with Crippen molar-refractivity contribution in [3.63, 3.8) is 0 Å². The summed E-state index contributed by atoms with van der Waals surface area (Å²) in [6, 6.07) is 10.1. The minimum absolute atomic E-state index is 0.0423. The zero-order valence-electron chi connectivity index (χ0n) is 19.8. The number of hydrogen-bond donors (Lipinski definition) is 1. The van der Waals surface area contributed by atoms with Gasteiger partial charge in [-0.25, -0.2) is 0 Å². The second kappa shape index (κ2) is 10.9. The van der Waals surface area contributed by atoms with Crippen molar-refractivity contribution in [3.05, 3.63) is 47.3 Å². The molecule has 1 aliphatic heterocycles. The largest absolute Gasteiger partial charge is 0.481 e. The molecule has 1 saturated heterocycles. The van der Waals surface area contributed by atoms with Crippen LogP contribution in [0.25, 0.3) is 11.1 Å². The molecular formula is C26H36N2O4. The summed E-state index contributed by atoms with van der Waals surface area (Å²) in [5.41, 5.74) is 5.73. The number of rotatable bonds is 10. The topological polar surface area (TPSA) is 71.9 Å². The van der Waals surface area contributed by atoms with Gasteiger partial charge in [-0.15, -0.1) is 0 Å². The summed E-state index contributed by atoms with van der Waals surface area (Å²) in [5.74, 6) is -0.840. The summed E-state index contributed by atoms with van der Waals surface area (Å²) in [4.78, 5) is 19.0. The van der Waals surface area contributed by atoms with Gasteiger partial charge in [0, 0.05) is 36.5 Å². The lowest BCUT2D eigenvalue weighted by Crippen LogP contribution is -2.38. The summed E-state index contributed by atoms with van der Waals surface area (Å²) in [7, 11) is 0. The summed E-state index contributed by atoms with van der Waals surface area (Å²) in [6.45, 7) is 12.3. The molecule has 3 rings (SSSR count). The molecule has 0 radical (unpaired) electrons. The molecule has 1 N–H and O–H groups in total. The average molecular weight is 441 g/mol. The molecule has 6 heteroatoms.